The number of hydrogen-bond donors (Lipinski definition) is 1. The van der Waals surface area contributed by atoms with Gasteiger partial charge in [0.2, 0.25) is 0 Å². The molecule has 2 aromatic carbocycles. The largest absolute Gasteiger partial charge is 0.491 e. The molecule has 0 heterocycles. The van der Waals surface area contributed by atoms with Gasteiger partial charge in [0.05, 0.1) is 6.54 Å². The smallest absolute Gasteiger partial charge is 0.253 e. The molecule has 0 fully saturated rings. The number of para-hydroxylation sites is 1. The summed E-state index contributed by atoms with van der Waals surface area (Å²) in [6, 6.07) is 17.2. The van der Waals surface area contributed by atoms with Crippen LogP contribution < -0.4 is 10.1 Å². The molecule has 1 N–H and O–H groups in total. The Morgan fingerprint density at radius 1 is 1.09 bits per heavy atom. The van der Waals surface area contributed by atoms with Crippen LogP contribution in [-0.4, -0.2) is 26.2 Å². The van der Waals surface area contributed by atoms with Gasteiger partial charge in [-0.3, -0.25) is 4.79 Å². The van der Waals surface area contributed by atoms with E-state index in [0.29, 0.717) is 13.2 Å². The summed E-state index contributed by atoms with van der Waals surface area (Å²) in [4.78, 5) is 12.2. The first-order valence-electron chi connectivity index (χ1n) is 7.26. The van der Waals surface area contributed by atoms with Gasteiger partial charge in [-0.25, -0.2) is 0 Å². The predicted molar refractivity (Wildman–Crippen MR) is 85.9 cm³/mol. The summed E-state index contributed by atoms with van der Waals surface area (Å²) in [5, 5.41) is 2.83. The Kier molecular flexibility index (Phi) is 5.98. The summed E-state index contributed by atoms with van der Waals surface area (Å²) in [5.41, 5.74) is 1.91. The highest BCUT2D eigenvalue weighted by Crippen LogP contribution is 2.17. The van der Waals surface area contributed by atoms with Crippen molar-refractivity contribution in [3.8, 4) is 5.75 Å². The number of carbonyl (C=O) groups is 1. The van der Waals surface area contributed by atoms with Crippen LogP contribution in [0.4, 0.5) is 0 Å². The monoisotopic (exact) mass is 299 g/mol. The molecule has 0 aliphatic heterocycles. The van der Waals surface area contributed by atoms with E-state index in [-0.39, 0.29) is 5.91 Å². The Hall–Kier alpha value is -2.33. The van der Waals surface area contributed by atoms with E-state index in [0.717, 1.165) is 16.9 Å². The highest BCUT2D eigenvalue weighted by Gasteiger charge is 2.19. The molecule has 0 aromatic heterocycles. The molecule has 4 heteroatoms. The second-order valence-corrected chi connectivity index (χ2v) is 4.93. The standard InChI is InChI=1S/C18H21NO3/c1-14-8-6-7-11-16(14)22-13-12-19-18(20)17(21-2)15-9-4-3-5-10-15/h3-11,17H,12-13H2,1-2H3,(H,19,20)/t17-/m1/s1. The lowest BCUT2D eigenvalue weighted by molar-refractivity contribution is -0.131. The van der Waals surface area contributed by atoms with Crippen molar-refractivity contribution in [1.82, 2.24) is 5.32 Å². The van der Waals surface area contributed by atoms with Crippen molar-refractivity contribution < 1.29 is 14.3 Å². The molecule has 1 amide bonds. The summed E-state index contributed by atoms with van der Waals surface area (Å²) in [6.07, 6.45) is -0.598. The number of carbonyl (C=O) groups excluding carboxylic acids is 1. The van der Waals surface area contributed by atoms with E-state index in [2.05, 4.69) is 5.32 Å². The number of hydrogen-bond acceptors (Lipinski definition) is 3. The Morgan fingerprint density at radius 3 is 2.45 bits per heavy atom. The van der Waals surface area contributed by atoms with Crippen molar-refractivity contribution >= 4 is 5.91 Å². The van der Waals surface area contributed by atoms with Crippen LogP contribution in [0.5, 0.6) is 5.75 Å². The fourth-order valence-corrected chi connectivity index (χ4v) is 2.17. The lowest BCUT2D eigenvalue weighted by atomic mass is 10.1. The van der Waals surface area contributed by atoms with Crippen LogP contribution in [-0.2, 0) is 9.53 Å². The Balaban J connectivity index is 1.81. The molecule has 116 valence electrons. The average Bonchev–Trinajstić information content (AvgIpc) is 2.55. The van der Waals surface area contributed by atoms with Gasteiger partial charge in [-0.2, -0.15) is 0 Å². The van der Waals surface area contributed by atoms with E-state index in [1.165, 1.54) is 7.11 Å². The molecule has 0 bridgehead atoms. The molecule has 0 saturated heterocycles. The molecule has 22 heavy (non-hydrogen) atoms. The van der Waals surface area contributed by atoms with Crippen molar-refractivity contribution in [3.63, 3.8) is 0 Å². The molecule has 0 aliphatic carbocycles. The summed E-state index contributed by atoms with van der Waals surface area (Å²) in [7, 11) is 1.53. The second-order valence-electron chi connectivity index (χ2n) is 4.93. The molecule has 0 aliphatic rings. The zero-order valence-corrected chi connectivity index (χ0v) is 12.9. The molecule has 1 atom stereocenters. The third kappa shape index (κ3) is 4.33. The Bertz CT molecular complexity index is 598. The summed E-state index contributed by atoms with van der Waals surface area (Å²) >= 11 is 0. The van der Waals surface area contributed by atoms with E-state index in [9.17, 15) is 4.79 Å². The third-order valence-electron chi connectivity index (χ3n) is 3.33. The first kappa shape index (κ1) is 16.0. The number of benzene rings is 2. The van der Waals surface area contributed by atoms with Gasteiger partial charge in [0.1, 0.15) is 12.4 Å². The van der Waals surface area contributed by atoms with Crippen LogP contribution >= 0.6 is 0 Å². The van der Waals surface area contributed by atoms with Gasteiger partial charge in [-0.1, -0.05) is 48.5 Å². The molecule has 2 rings (SSSR count). The highest BCUT2D eigenvalue weighted by molar-refractivity contribution is 5.82. The molecule has 2 aromatic rings. The zero-order valence-electron chi connectivity index (χ0n) is 12.9. The van der Waals surface area contributed by atoms with E-state index in [1.807, 2.05) is 61.5 Å². The molecule has 0 saturated carbocycles. The van der Waals surface area contributed by atoms with Gasteiger partial charge in [-0.15, -0.1) is 0 Å². The molecular formula is C18H21NO3. The molecular weight excluding hydrogens is 278 g/mol. The van der Waals surface area contributed by atoms with Crippen molar-refractivity contribution in [3.05, 3.63) is 65.7 Å². The number of rotatable bonds is 7. The van der Waals surface area contributed by atoms with E-state index >= 15 is 0 Å². The van der Waals surface area contributed by atoms with Crippen LogP contribution in [0.3, 0.4) is 0 Å². The highest BCUT2D eigenvalue weighted by atomic mass is 16.5. The number of aryl methyl sites for hydroxylation is 1. The lowest BCUT2D eigenvalue weighted by Crippen LogP contribution is -2.33. The predicted octanol–water partition coefficient (Wildman–Crippen LogP) is 2.88. The normalized spacial score (nSPS) is 11.7. The Morgan fingerprint density at radius 2 is 1.77 bits per heavy atom. The van der Waals surface area contributed by atoms with Gasteiger partial charge in [0.25, 0.3) is 5.91 Å². The number of methoxy groups -OCH3 is 1. The fourth-order valence-electron chi connectivity index (χ4n) is 2.17. The topological polar surface area (TPSA) is 47.6 Å². The first-order chi connectivity index (χ1) is 10.7. The summed E-state index contributed by atoms with van der Waals surface area (Å²) < 4.78 is 10.9. The van der Waals surface area contributed by atoms with Gasteiger partial charge >= 0.3 is 0 Å². The zero-order chi connectivity index (χ0) is 15.8. The quantitative estimate of drug-likeness (QED) is 0.800. The third-order valence-corrected chi connectivity index (χ3v) is 3.33. The van der Waals surface area contributed by atoms with E-state index in [4.69, 9.17) is 9.47 Å². The van der Waals surface area contributed by atoms with Crippen LogP contribution in [0, 0.1) is 6.92 Å². The maximum atomic E-state index is 12.2. The first-order valence-corrected chi connectivity index (χ1v) is 7.26. The van der Waals surface area contributed by atoms with Crippen molar-refractivity contribution in [2.75, 3.05) is 20.3 Å². The SMILES string of the molecule is CO[C@@H](C(=O)NCCOc1ccccc1C)c1ccccc1. The van der Waals surface area contributed by atoms with Crippen LogP contribution in [0.15, 0.2) is 54.6 Å². The number of nitrogens with one attached hydrogen (secondary N) is 1. The molecule has 0 unspecified atom stereocenters. The summed E-state index contributed by atoms with van der Waals surface area (Å²) in [6.45, 7) is 2.84. The minimum atomic E-state index is -0.598. The lowest BCUT2D eigenvalue weighted by Gasteiger charge is -2.16. The van der Waals surface area contributed by atoms with Gasteiger partial charge < -0.3 is 14.8 Å². The Labute approximate surface area is 131 Å². The minimum absolute atomic E-state index is 0.165. The maximum absolute atomic E-state index is 12.2. The fraction of sp³-hybridized carbons (Fsp3) is 0.278. The minimum Gasteiger partial charge on any atom is -0.491 e. The number of amides is 1. The average molecular weight is 299 g/mol. The van der Waals surface area contributed by atoms with Crippen LogP contribution in [0.1, 0.15) is 17.2 Å². The van der Waals surface area contributed by atoms with Crippen molar-refractivity contribution in [2.45, 2.75) is 13.0 Å². The van der Waals surface area contributed by atoms with Gasteiger partial charge in [-0.05, 0) is 24.1 Å². The van der Waals surface area contributed by atoms with Crippen molar-refractivity contribution in [1.29, 1.82) is 0 Å². The maximum Gasteiger partial charge on any atom is 0.253 e. The van der Waals surface area contributed by atoms with Gasteiger partial charge in [0.15, 0.2) is 6.10 Å². The van der Waals surface area contributed by atoms with Crippen LogP contribution in [0.2, 0.25) is 0 Å². The van der Waals surface area contributed by atoms with Crippen LogP contribution in [0.25, 0.3) is 0 Å². The number of ether oxygens (including phenoxy) is 2. The van der Waals surface area contributed by atoms with Gasteiger partial charge in [0, 0.05) is 7.11 Å². The molecule has 4 nitrogen and oxygen atoms in total. The van der Waals surface area contributed by atoms with Crippen molar-refractivity contribution in [2.24, 2.45) is 0 Å². The summed E-state index contributed by atoms with van der Waals surface area (Å²) in [5.74, 6) is 0.671. The second kappa shape index (κ2) is 8.20. The molecule has 0 spiro atoms. The van der Waals surface area contributed by atoms with E-state index in [1.54, 1.807) is 0 Å². The molecule has 0 radical (unpaired) electrons. The van der Waals surface area contributed by atoms with E-state index < -0.39 is 6.10 Å².